The SMILES string of the molecule is NC(=O)Nc1ccc(C(=O)OCc2nnnn2-c2ccccc2)cc1. The van der Waals surface area contributed by atoms with Crippen LogP contribution in [0.15, 0.2) is 54.6 Å². The van der Waals surface area contributed by atoms with Crippen molar-refractivity contribution in [2.45, 2.75) is 6.61 Å². The van der Waals surface area contributed by atoms with E-state index in [0.29, 0.717) is 17.1 Å². The van der Waals surface area contributed by atoms with Gasteiger partial charge in [0.25, 0.3) is 0 Å². The fourth-order valence-corrected chi connectivity index (χ4v) is 2.11. The number of aromatic nitrogens is 4. The Kier molecular flexibility index (Phi) is 4.65. The van der Waals surface area contributed by atoms with Gasteiger partial charge in [-0.25, -0.2) is 9.59 Å². The number of rotatable bonds is 5. The predicted octanol–water partition coefficient (Wildman–Crippen LogP) is 1.51. The van der Waals surface area contributed by atoms with Crippen molar-refractivity contribution in [1.82, 2.24) is 20.2 Å². The molecule has 126 valence electrons. The van der Waals surface area contributed by atoms with E-state index in [1.807, 2.05) is 30.3 Å². The molecule has 0 fully saturated rings. The minimum absolute atomic E-state index is 0.0813. The van der Waals surface area contributed by atoms with E-state index >= 15 is 0 Å². The third kappa shape index (κ3) is 3.96. The van der Waals surface area contributed by atoms with Gasteiger partial charge in [0.05, 0.1) is 11.3 Å². The van der Waals surface area contributed by atoms with Crippen LogP contribution >= 0.6 is 0 Å². The number of para-hydroxylation sites is 1. The zero-order valence-electron chi connectivity index (χ0n) is 13.0. The summed E-state index contributed by atoms with van der Waals surface area (Å²) < 4.78 is 6.73. The number of nitrogens with two attached hydrogens (primary N) is 1. The lowest BCUT2D eigenvalue weighted by Crippen LogP contribution is -2.19. The highest BCUT2D eigenvalue weighted by atomic mass is 16.5. The van der Waals surface area contributed by atoms with Gasteiger partial charge in [0.1, 0.15) is 0 Å². The summed E-state index contributed by atoms with van der Waals surface area (Å²) in [5, 5.41) is 13.8. The molecule has 1 aromatic heterocycles. The van der Waals surface area contributed by atoms with Crippen LogP contribution in [0.5, 0.6) is 0 Å². The summed E-state index contributed by atoms with van der Waals surface area (Å²) >= 11 is 0. The molecule has 0 unspecified atom stereocenters. The first-order chi connectivity index (χ1) is 12.1. The van der Waals surface area contributed by atoms with Gasteiger partial charge in [0.15, 0.2) is 12.4 Å². The van der Waals surface area contributed by atoms with E-state index in [0.717, 1.165) is 5.69 Å². The number of primary amides is 1. The zero-order chi connectivity index (χ0) is 17.6. The molecule has 0 radical (unpaired) electrons. The summed E-state index contributed by atoms with van der Waals surface area (Å²) in [5.74, 6) is -0.139. The Morgan fingerprint density at radius 1 is 1.08 bits per heavy atom. The zero-order valence-corrected chi connectivity index (χ0v) is 13.0. The fraction of sp³-hybridized carbons (Fsp3) is 0.0625. The minimum atomic E-state index is -0.678. The summed E-state index contributed by atoms with van der Waals surface area (Å²) in [6.07, 6.45) is 0. The van der Waals surface area contributed by atoms with Gasteiger partial charge in [-0.1, -0.05) is 18.2 Å². The van der Waals surface area contributed by atoms with E-state index in [2.05, 4.69) is 20.8 Å². The van der Waals surface area contributed by atoms with Crippen LogP contribution in [0.2, 0.25) is 0 Å². The number of amides is 2. The Bertz CT molecular complexity index is 876. The molecule has 0 bridgehead atoms. The minimum Gasteiger partial charge on any atom is -0.454 e. The third-order valence-electron chi connectivity index (χ3n) is 3.26. The van der Waals surface area contributed by atoms with E-state index in [-0.39, 0.29) is 6.61 Å². The van der Waals surface area contributed by atoms with Crippen molar-refractivity contribution < 1.29 is 14.3 Å². The second-order valence-electron chi connectivity index (χ2n) is 4.99. The quantitative estimate of drug-likeness (QED) is 0.679. The van der Waals surface area contributed by atoms with Gasteiger partial charge in [-0.05, 0) is 46.8 Å². The van der Waals surface area contributed by atoms with Crippen molar-refractivity contribution in [2.75, 3.05) is 5.32 Å². The lowest BCUT2D eigenvalue weighted by Gasteiger charge is -2.07. The van der Waals surface area contributed by atoms with Gasteiger partial charge in [-0.3, -0.25) is 0 Å². The number of tetrazole rings is 1. The molecule has 0 saturated carbocycles. The van der Waals surface area contributed by atoms with E-state index in [9.17, 15) is 9.59 Å². The molecular formula is C16H14N6O3. The average Bonchev–Trinajstić information content (AvgIpc) is 3.09. The van der Waals surface area contributed by atoms with E-state index in [4.69, 9.17) is 10.5 Å². The highest BCUT2D eigenvalue weighted by Crippen LogP contribution is 2.12. The Balaban J connectivity index is 1.65. The van der Waals surface area contributed by atoms with Crippen molar-refractivity contribution in [3.8, 4) is 5.69 Å². The molecule has 0 aliphatic carbocycles. The van der Waals surface area contributed by atoms with Gasteiger partial charge in [0.2, 0.25) is 0 Å². The highest BCUT2D eigenvalue weighted by Gasteiger charge is 2.12. The van der Waals surface area contributed by atoms with Crippen LogP contribution in [0.25, 0.3) is 5.69 Å². The van der Waals surface area contributed by atoms with Gasteiger partial charge < -0.3 is 15.8 Å². The second-order valence-corrected chi connectivity index (χ2v) is 4.99. The maximum atomic E-state index is 12.1. The number of carbonyl (C=O) groups excluding carboxylic acids is 2. The summed E-state index contributed by atoms with van der Waals surface area (Å²) in [7, 11) is 0. The van der Waals surface area contributed by atoms with E-state index in [1.165, 1.54) is 16.8 Å². The van der Waals surface area contributed by atoms with Crippen molar-refractivity contribution in [3.05, 3.63) is 66.0 Å². The Hall–Kier alpha value is -3.75. The molecule has 9 heteroatoms. The Labute approximate surface area is 142 Å². The molecule has 2 amide bonds. The molecule has 3 N–H and O–H groups in total. The number of nitrogens with one attached hydrogen (secondary N) is 1. The molecule has 25 heavy (non-hydrogen) atoms. The maximum Gasteiger partial charge on any atom is 0.338 e. The highest BCUT2D eigenvalue weighted by molar-refractivity contribution is 5.91. The first kappa shape index (κ1) is 16.1. The van der Waals surface area contributed by atoms with Crippen molar-refractivity contribution in [1.29, 1.82) is 0 Å². The number of anilines is 1. The van der Waals surface area contributed by atoms with Crippen molar-refractivity contribution in [2.24, 2.45) is 5.73 Å². The van der Waals surface area contributed by atoms with Crippen molar-refractivity contribution >= 4 is 17.7 Å². The number of benzene rings is 2. The van der Waals surface area contributed by atoms with Crippen LogP contribution in [0.4, 0.5) is 10.5 Å². The summed E-state index contributed by atoms with van der Waals surface area (Å²) in [6, 6.07) is 14.7. The molecule has 0 aliphatic rings. The van der Waals surface area contributed by atoms with Gasteiger partial charge in [0, 0.05) is 5.69 Å². The number of hydrogen-bond acceptors (Lipinski definition) is 6. The molecule has 2 aromatic carbocycles. The molecule has 3 rings (SSSR count). The van der Waals surface area contributed by atoms with Crippen LogP contribution < -0.4 is 11.1 Å². The number of hydrogen-bond donors (Lipinski definition) is 2. The van der Waals surface area contributed by atoms with Crippen LogP contribution in [0.3, 0.4) is 0 Å². The van der Waals surface area contributed by atoms with E-state index in [1.54, 1.807) is 12.1 Å². The Morgan fingerprint density at radius 3 is 2.48 bits per heavy atom. The average molecular weight is 338 g/mol. The molecule has 1 heterocycles. The molecule has 0 spiro atoms. The van der Waals surface area contributed by atoms with Gasteiger partial charge >= 0.3 is 12.0 Å². The largest absolute Gasteiger partial charge is 0.454 e. The maximum absolute atomic E-state index is 12.1. The van der Waals surface area contributed by atoms with Crippen LogP contribution in [-0.4, -0.2) is 32.2 Å². The second kappa shape index (κ2) is 7.21. The number of ether oxygens (including phenoxy) is 1. The number of nitrogens with zero attached hydrogens (tertiary/aromatic N) is 4. The number of carbonyl (C=O) groups is 2. The smallest absolute Gasteiger partial charge is 0.338 e. The van der Waals surface area contributed by atoms with Crippen LogP contribution in [-0.2, 0) is 11.3 Å². The molecule has 3 aromatic rings. The first-order valence-corrected chi connectivity index (χ1v) is 7.30. The first-order valence-electron chi connectivity index (χ1n) is 7.30. The lowest BCUT2D eigenvalue weighted by molar-refractivity contribution is 0.0459. The molecule has 9 nitrogen and oxygen atoms in total. The van der Waals surface area contributed by atoms with Crippen molar-refractivity contribution in [3.63, 3.8) is 0 Å². The van der Waals surface area contributed by atoms with Crippen LogP contribution in [0, 0.1) is 0 Å². The summed E-state index contributed by atoms with van der Waals surface area (Å²) in [5.41, 5.74) is 6.60. The van der Waals surface area contributed by atoms with Gasteiger partial charge in [-0.2, -0.15) is 4.68 Å². The molecular weight excluding hydrogens is 324 g/mol. The monoisotopic (exact) mass is 338 g/mol. The topological polar surface area (TPSA) is 125 Å². The predicted molar refractivity (Wildman–Crippen MR) is 87.9 cm³/mol. The third-order valence-corrected chi connectivity index (χ3v) is 3.26. The molecule has 0 saturated heterocycles. The molecule has 0 atom stereocenters. The van der Waals surface area contributed by atoms with E-state index < -0.39 is 12.0 Å². The standard InChI is InChI=1S/C16H14N6O3/c17-16(24)18-12-8-6-11(7-9-12)15(23)25-10-14-19-20-21-22(14)13-4-2-1-3-5-13/h1-9H,10H2,(H3,17,18,24). The van der Waals surface area contributed by atoms with Crippen LogP contribution in [0.1, 0.15) is 16.2 Å². The normalized spacial score (nSPS) is 10.2. The lowest BCUT2D eigenvalue weighted by atomic mass is 10.2. The number of esters is 1. The Morgan fingerprint density at radius 2 is 1.80 bits per heavy atom. The fourth-order valence-electron chi connectivity index (χ4n) is 2.11. The molecule has 0 aliphatic heterocycles. The summed E-state index contributed by atoms with van der Waals surface area (Å²) in [4.78, 5) is 22.9. The van der Waals surface area contributed by atoms with Gasteiger partial charge in [-0.15, -0.1) is 5.10 Å². The number of urea groups is 1. The summed E-state index contributed by atoms with van der Waals surface area (Å²) in [6.45, 7) is -0.0813.